The number of aliphatic hydroxyl groups excluding tert-OH is 2. The molecule has 3 N–H and O–H groups in total. The van der Waals surface area contributed by atoms with Crippen molar-refractivity contribution in [2.75, 3.05) is 39.9 Å². The van der Waals surface area contributed by atoms with Crippen molar-refractivity contribution in [3.05, 3.63) is 34.3 Å². The zero-order chi connectivity index (χ0) is 14.1. The van der Waals surface area contributed by atoms with E-state index in [1.807, 2.05) is 25.2 Å². The van der Waals surface area contributed by atoms with E-state index in [0.29, 0.717) is 13.1 Å². The van der Waals surface area contributed by atoms with Gasteiger partial charge in [0.1, 0.15) is 0 Å². The van der Waals surface area contributed by atoms with E-state index in [9.17, 15) is 0 Å². The van der Waals surface area contributed by atoms with Gasteiger partial charge in [-0.2, -0.15) is 0 Å². The highest BCUT2D eigenvalue weighted by Crippen LogP contribution is 2.25. The second-order valence-electron chi connectivity index (χ2n) is 4.44. The van der Waals surface area contributed by atoms with Gasteiger partial charge in [-0.25, -0.2) is 0 Å². The lowest BCUT2D eigenvalue weighted by molar-refractivity contribution is 0.156. The maximum Gasteiger partial charge on any atom is 0.0558 e. The Hall–Kier alpha value is -0.460. The molecule has 1 unspecified atom stereocenters. The number of hydrogen-bond acceptors (Lipinski definition) is 4. The largest absolute Gasteiger partial charge is 0.395 e. The van der Waals surface area contributed by atoms with Crippen LogP contribution in [-0.2, 0) is 0 Å². The van der Waals surface area contributed by atoms with Crippen molar-refractivity contribution in [1.29, 1.82) is 0 Å². The topological polar surface area (TPSA) is 55.7 Å². The number of halogens is 1. The molecule has 0 amide bonds. The van der Waals surface area contributed by atoms with Gasteiger partial charge in [0.25, 0.3) is 0 Å². The van der Waals surface area contributed by atoms with Crippen molar-refractivity contribution in [2.24, 2.45) is 0 Å². The van der Waals surface area contributed by atoms with Crippen molar-refractivity contribution in [3.63, 3.8) is 0 Å². The number of rotatable bonds is 9. The molecule has 4 nitrogen and oxygen atoms in total. The molecule has 0 radical (unpaired) electrons. The summed E-state index contributed by atoms with van der Waals surface area (Å²) in [7, 11) is 1.95. The second-order valence-corrected chi connectivity index (χ2v) is 5.29. The van der Waals surface area contributed by atoms with Gasteiger partial charge < -0.3 is 15.5 Å². The molecule has 0 saturated heterocycles. The summed E-state index contributed by atoms with van der Waals surface area (Å²) in [5.74, 6) is 0. The number of nitrogens with one attached hydrogen (secondary N) is 1. The smallest absolute Gasteiger partial charge is 0.0558 e. The molecule has 1 atom stereocenters. The van der Waals surface area contributed by atoms with Crippen LogP contribution in [0.25, 0.3) is 0 Å². The van der Waals surface area contributed by atoms with Crippen molar-refractivity contribution < 1.29 is 10.2 Å². The Bertz CT molecular complexity index is 357. The first-order valence-corrected chi connectivity index (χ1v) is 7.38. The van der Waals surface area contributed by atoms with Gasteiger partial charge in [0.05, 0.1) is 13.2 Å². The maximum atomic E-state index is 9.00. The normalized spacial score (nSPS) is 12.9. The van der Waals surface area contributed by atoms with Gasteiger partial charge in [0.2, 0.25) is 0 Å². The molecule has 19 heavy (non-hydrogen) atoms. The summed E-state index contributed by atoms with van der Waals surface area (Å²) >= 11 is 3.57. The molecule has 0 heterocycles. The zero-order valence-electron chi connectivity index (χ0n) is 11.3. The summed E-state index contributed by atoms with van der Waals surface area (Å²) in [5, 5.41) is 21.3. The summed E-state index contributed by atoms with van der Waals surface area (Å²) < 4.78 is 1.10. The number of hydrogen-bond donors (Lipinski definition) is 3. The Morgan fingerprint density at radius 2 is 1.79 bits per heavy atom. The van der Waals surface area contributed by atoms with Crippen LogP contribution in [0, 0.1) is 0 Å². The quantitative estimate of drug-likeness (QED) is 0.640. The van der Waals surface area contributed by atoms with E-state index in [4.69, 9.17) is 10.2 Å². The van der Waals surface area contributed by atoms with Gasteiger partial charge in [-0.3, -0.25) is 4.90 Å². The first-order chi connectivity index (χ1) is 9.22. The summed E-state index contributed by atoms with van der Waals surface area (Å²) in [5.41, 5.74) is 1.23. The molecule has 0 fully saturated rings. The first-order valence-electron chi connectivity index (χ1n) is 6.58. The lowest BCUT2D eigenvalue weighted by Crippen LogP contribution is -2.33. The summed E-state index contributed by atoms with van der Waals surface area (Å²) in [6, 6.07) is 8.44. The highest BCUT2D eigenvalue weighted by molar-refractivity contribution is 9.10. The van der Waals surface area contributed by atoms with Crippen molar-refractivity contribution in [3.8, 4) is 0 Å². The zero-order valence-corrected chi connectivity index (χ0v) is 12.9. The van der Waals surface area contributed by atoms with Crippen LogP contribution in [0.1, 0.15) is 18.0 Å². The van der Waals surface area contributed by atoms with Gasteiger partial charge in [0.15, 0.2) is 0 Å². The molecule has 0 saturated carbocycles. The third-order valence-electron chi connectivity index (χ3n) is 3.20. The fourth-order valence-electron chi connectivity index (χ4n) is 2.14. The minimum Gasteiger partial charge on any atom is -0.395 e. The monoisotopic (exact) mass is 330 g/mol. The molecule has 1 aromatic rings. The number of benzene rings is 1. The van der Waals surface area contributed by atoms with Crippen LogP contribution in [0.3, 0.4) is 0 Å². The number of nitrogens with zero attached hydrogens (tertiary/aromatic N) is 1. The molecule has 1 aromatic carbocycles. The lowest BCUT2D eigenvalue weighted by Gasteiger charge is -2.24. The van der Waals surface area contributed by atoms with Crippen LogP contribution in [0.15, 0.2) is 28.7 Å². The highest BCUT2D eigenvalue weighted by atomic mass is 79.9. The minimum atomic E-state index is 0.124. The molecule has 0 spiro atoms. The van der Waals surface area contributed by atoms with Gasteiger partial charge in [0, 0.05) is 30.1 Å². The minimum absolute atomic E-state index is 0.124. The first kappa shape index (κ1) is 16.6. The van der Waals surface area contributed by atoms with Gasteiger partial charge in [-0.05, 0) is 25.1 Å². The Morgan fingerprint density at radius 1 is 1.16 bits per heavy atom. The van der Waals surface area contributed by atoms with Gasteiger partial charge in [-0.1, -0.05) is 34.1 Å². The molecule has 0 aliphatic heterocycles. The van der Waals surface area contributed by atoms with Crippen LogP contribution in [0.2, 0.25) is 0 Å². The molecule has 0 bridgehead atoms. The van der Waals surface area contributed by atoms with E-state index >= 15 is 0 Å². The summed E-state index contributed by atoms with van der Waals surface area (Å²) in [6.07, 6.45) is 0.930. The van der Waals surface area contributed by atoms with Gasteiger partial charge in [-0.15, -0.1) is 0 Å². The van der Waals surface area contributed by atoms with Crippen molar-refractivity contribution in [1.82, 2.24) is 10.2 Å². The lowest BCUT2D eigenvalue weighted by atomic mass is 10.0. The predicted molar refractivity (Wildman–Crippen MR) is 81.2 cm³/mol. The molecule has 1 rings (SSSR count). The summed E-state index contributed by atoms with van der Waals surface area (Å²) in [6.45, 7) is 2.30. The summed E-state index contributed by atoms with van der Waals surface area (Å²) in [4.78, 5) is 2.07. The van der Waals surface area contributed by atoms with Crippen molar-refractivity contribution >= 4 is 15.9 Å². The average molecular weight is 331 g/mol. The fourth-order valence-corrected chi connectivity index (χ4v) is 2.70. The Balaban J connectivity index is 2.59. The van der Waals surface area contributed by atoms with Gasteiger partial charge >= 0.3 is 0 Å². The number of aliphatic hydroxyl groups is 2. The Labute approximate surface area is 123 Å². The standard InChI is InChI=1S/C14H23BrN2O2/c1-16-14(12-4-2-3-5-13(12)15)6-7-17(8-10-18)9-11-19/h2-5,14,16,18-19H,6-11H2,1H3. The molecule has 0 aliphatic carbocycles. The van der Waals surface area contributed by atoms with Crippen LogP contribution < -0.4 is 5.32 Å². The average Bonchev–Trinajstić information content (AvgIpc) is 2.41. The van der Waals surface area contributed by atoms with E-state index in [2.05, 4.69) is 32.2 Å². The highest BCUT2D eigenvalue weighted by Gasteiger charge is 2.13. The van der Waals surface area contributed by atoms with Crippen molar-refractivity contribution in [2.45, 2.75) is 12.5 Å². The SMILES string of the molecule is CNC(CCN(CCO)CCO)c1ccccc1Br. The van der Waals surface area contributed by atoms with E-state index in [-0.39, 0.29) is 19.3 Å². The van der Waals surface area contributed by atoms with E-state index in [1.54, 1.807) is 0 Å². The molecule has 0 aromatic heterocycles. The van der Waals surface area contributed by atoms with Crippen LogP contribution in [0.4, 0.5) is 0 Å². The third kappa shape index (κ3) is 5.58. The van der Waals surface area contributed by atoms with E-state index < -0.39 is 0 Å². The maximum absolute atomic E-state index is 9.00. The molecular weight excluding hydrogens is 308 g/mol. The Kier molecular flexibility index (Phi) is 8.25. The molecular formula is C14H23BrN2O2. The molecule has 5 heteroatoms. The van der Waals surface area contributed by atoms with Crippen LogP contribution in [0.5, 0.6) is 0 Å². The van der Waals surface area contributed by atoms with Crippen LogP contribution >= 0.6 is 15.9 Å². The predicted octanol–water partition coefficient (Wildman–Crippen LogP) is 1.39. The fraction of sp³-hybridized carbons (Fsp3) is 0.571. The van der Waals surface area contributed by atoms with E-state index in [1.165, 1.54) is 5.56 Å². The molecule has 108 valence electrons. The Morgan fingerprint density at radius 3 is 2.32 bits per heavy atom. The van der Waals surface area contributed by atoms with E-state index in [0.717, 1.165) is 17.4 Å². The second kappa shape index (κ2) is 9.44. The third-order valence-corrected chi connectivity index (χ3v) is 3.92. The molecule has 0 aliphatic rings. The van der Waals surface area contributed by atoms with Crippen LogP contribution in [-0.4, -0.2) is 55.0 Å².